The molecule has 0 aromatic heterocycles. The average molecular weight is 290 g/mol. The smallest absolute Gasteiger partial charge is 0.282 e. The van der Waals surface area contributed by atoms with Crippen molar-refractivity contribution in [1.29, 1.82) is 0 Å². The Morgan fingerprint density at radius 1 is 1.37 bits per heavy atom. The number of benzene rings is 1. The highest BCUT2D eigenvalue weighted by atomic mass is 35.5. The molecular weight excluding hydrogens is 277 g/mol. The molecule has 6 nitrogen and oxygen atoms in total. The molecular formula is C11H13ClFN3O3. The Balaban J connectivity index is 0.00000180. The summed E-state index contributed by atoms with van der Waals surface area (Å²) in [5, 5.41) is 13.9. The van der Waals surface area contributed by atoms with Crippen LogP contribution in [-0.2, 0) is 0 Å². The van der Waals surface area contributed by atoms with Crippen LogP contribution >= 0.6 is 12.4 Å². The summed E-state index contributed by atoms with van der Waals surface area (Å²) < 4.78 is 13.1. The fraction of sp³-hybridized carbons (Fsp3) is 0.364. The molecule has 1 aromatic carbocycles. The van der Waals surface area contributed by atoms with Crippen LogP contribution in [0.4, 0.5) is 10.1 Å². The van der Waals surface area contributed by atoms with Gasteiger partial charge in [0, 0.05) is 32.2 Å². The van der Waals surface area contributed by atoms with Crippen LogP contribution in [0.2, 0.25) is 0 Å². The fourth-order valence-corrected chi connectivity index (χ4v) is 1.88. The molecule has 1 saturated heterocycles. The number of nitrogens with zero attached hydrogens (tertiary/aromatic N) is 2. The zero-order chi connectivity index (χ0) is 13.1. The third-order valence-electron chi connectivity index (χ3n) is 2.79. The van der Waals surface area contributed by atoms with Crippen molar-refractivity contribution in [2.45, 2.75) is 0 Å². The van der Waals surface area contributed by atoms with Crippen molar-refractivity contribution in [3.8, 4) is 0 Å². The van der Waals surface area contributed by atoms with E-state index in [9.17, 15) is 19.3 Å². The largest absolute Gasteiger partial charge is 0.336 e. The Hall–Kier alpha value is -1.73. The number of nitro groups is 1. The van der Waals surface area contributed by atoms with Crippen molar-refractivity contribution in [1.82, 2.24) is 10.2 Å². The van der Waals surface area contributed by atoms with Crippen molar-refractivity contribution in [2.24, 2.45) is 0 Å². The summed E-state index contributed by atoms with van der Waals surface area (Å²) in [6.45, 7) is 2.20. The van der Waals surface area contributed by atoms with E-state index in [1.165, 1.54) is 4.90 Å². The predicted molar refractivity (Wildman–Crippen MR) is 69.1 cm³/mol. The molecule has 1 aromatic rings. The van der Waals surface area contributed by atoms with Gasteiger partial charge in [0.2, 0.25) is 0 Å². The Labute approximate surface area is 115 Å². The summed E-state index contributed by atoms with van der Waals surface area (Å²) in [6, 6.07) is 2.92. The number of carbonyl (C=O) groups is 1. The van der Waals surface area contributed by atoms with Crippen LogP contribution in [0.5, 0.6) is 0 Å². The molecule has 0 spiro atoms. The summed E-state index contributed by atoms with van der Waals surface area (Å²) in [5.74, 6) is -1.15. The topological polar surface area (TPSA) is 75.5 Å². The zero-order valence-electron chi connectivity index (χ0n) is 9.97. The van der Waals surface area contributed by atoms with Crippen LogP contribution in [0.3, 0.4) is 0 Å². The van der Waals surface area contributed by atoms with Crippen molar-refractivity contribution < 1.29 is 14.1 Å². The molecule has 0 unspecified atom stereocenters. The molecule has 2 rings (SSSR count). The monoisotopic (exact) mass is 289 g/mol. The van der Waals surface area contributed by atoms with E-state index in [2.05, 4.69) is 5.32 Å². The lowest BCUT2D eigenvalue weighted by molar-refractivity contribution is -0.385. The third-order valence-corrected chi connectivity index (χ3v) is 2.79. The summed E-state index contributed by atoms with van der Waals surface area (Å²) in [5.41, 5.74) is -0.554. The first kappa shape index (κ1) is 15.3. The second-order valence-corrected chi connectivity index (χ2v) is 3.96. The number of halogens is 2. The maximum atomic E-state index is 13.1. The molecule has 0 atom stereocenters. The van der Waals surface area contributed by atoms with Gasteiger partial charge in [0.1, 0.15) is 11.4 Å². The molecule has 1 aliphatic rings. The van der Waals surface area contributed by atoms with Crippen molar-refractivity contribution in [3.05, 3.63) is 39.7 Å². The lowest BCUT2D eigenvalue weighted by Gasteiger charge is -2.27. The van der Waals surface area contributed by atoms with Gasteiger partial charge < -0.3 is 10.2 Å². The zero-order valence-corrected chi connectivity index (χ0v) is 10.8. The minimum atomic E-state index is -0.672. The average Bonchev–Trinajstić information content (AvgIpc) is 2.38. The Bertz CT molecular complexity index is 492. The minimum absolute atomic E-state index is 0. The lowest BCUT2D eigenvalue weighted by atomic mass is 10.1. The number of nitrogens with one attached hydrogen (secondary N) is 1. The molecule has 0 saturated carbocycles. The minimum Gasteiger partial charge on any atom is -0.336 e. The molecule has 104 valence electrons. The van der Waals surface area contributed by atoms with Gasteiger partial charge in [-0.15, -0.1) is 12.4 Å². The van der Waals surface area contributed by atoms with Gasteiger partial charge in [-0.05, 0) is 12.1 Å². The first-order valence-corrected chi connectivity index (χ1v) is 5.53. The molecule has 0 bridgehead atoms. The van der Waals surface area contributed by atoms with Crippen LogP contribution in [0.1, 0.15) is 10.4 Å². The van der Waals surface area contributed by atoms with Gasteiger partial charge in [0.25, 0.3) is 11.6 Å². The maximum Gasteiger partial charge on any atom is 0.282 e. The lowest BCUT2D eigenvalue weighted by Crippen LogP contribution is -2.46. The molecule has 1 N–H and O–H groups in total. The fourth-order valence-electron chi connectivity index (χ4n) is 1.88. The summed E-state index contributed by atoms with van der Waals surface area (Å²) >= 11 is 0. The number of hydrogen-bond acceptors (Lipinski definition) is 4. The summed E-state index contributed by atoms with van der Waals surface area (Å²) in [7, 11) is 0. The first-order valence-electron chi connectivity index (χ1n) is 5.53. The van der Waals surface area contributed by atoms with E-state index in [1.54, 1.807) is 0 Å². The van der Waals surface area contributed by atoms with Crippen molar-refractivity contribution >= 4 is 24.0 Å². The highest BCUT2D eigenvalue weighted by Crippen LogP contribution is 2.21. The van der Waals surface area contributed by atoms with E-state index in [4.69, 9.17) is 0 Å². The second-order valence-electron chi connectivity index (χ2n) is 3.96. The number of rotatable bonds is 2. The van der Waals surface area contributed by atoms with Gasteiger partial charge >= 0.3 is 0 Å². The van der Waals surface area contributed by atoms with Crippen LogP contribution in [0, 0.1) is 15.9 Å². The molecule has 0 radical (unpaired) electrons. The molecule has 1 heterocycles. The van der Waals surface area contributed by atoms with E-state index < -0.39 is 16.6 Å². The third kappa shape index (κ3) is 3.39. The van der Waals surface area contributed by atoms with Gasteiger partial charge in [0.05, 0.1) is 4.92 Å². The summed E-state index contributed by atoms with van der Waals surface area (Å²) in [6.07, 6.45) is 0. The predicted octanol–water partition coefficient (Wildman–Crippen LogP) is 1.20. The molecule has 19 heavy (non-hydrogen) atoms. The molecule has 0 aliphatic carbocycles. The Morgan fingerprint density at radius 3 is 2.58 bits per heavy atom. The second kappa shape index (κ2) is 6.44. The van der Waals surface area contributed by atoms with Crippen molar-refractivity contribution in [3.63, 3.8) is 0 Å². The van der Waals surface area contributed by atoms with Gasteiger partial charge in [-0.25, -0.2) is 4.39 Å². The summed E-state index contributed by atoms with van der Waals surface area (Å²) in [4.78, 5) is 23.7. The molecule has 1 amide bonds. The van der Waals surface area contributed by atoms with E-state index >= 15 is 0 Å². The quantitative estimate of drug-likeness (QED) is 0.656. The van der Waals surface area contributed by atoms with Crippen LogP contribution < -0.4 is 5.32 Å². The normalized spacial score (nSPS) is 14.7. The maximum absolute atomic E-state index is 13.1. The highest BCUT2D eigenvalue weighted by Gasteiger charge is 2.26. The molecule has 1 aliphatic heterocycles. The first-order chi connectivity index (χ1) is 8.59. The standard InChI is InChI=1S/C11H12FN3O3.ClH/c12-8-1-2-10(15(17)18)9(7-8)11(16)14-5-3-13-4-6-14;/h1-2,7,13H,3-6H2;1H. The molecule has 8 heteroatoms. The number of carbonyl (C=O) groups excluding carboxylic acids is 1. The Morgan fingerprint density at radius 2 is 2.00 bits per heavy atom. The number of amides is 1. The number of nitro benzene ring substituents is 1. The van der Waals surface area contributed by atoms with Crippen molar-refractivity contribution in [2.75, 3.05) is 26.2 Å². The van der Waals surface area contributed by atoms with E-state index in [0.717, 1.165) is 18.2 Å². The number of hydrogen-bond donors (Lipinski definition) is 1. The number of piperazine rings is 1. The van der Waals surface area contributed by atoms with Gasteiger partial charge in [0.15, 0.2) is 0 Å². The van der Waals surface area contributed by atoms with Crippen LogP contribution in [0.25, 0.3) is 0 Å². The highest BCUT2D eigenvalue weighted by molar-refractivity contribution is 5.98. The van der Waals surface area contributed by atoms with Gasteiger partial charge in [-0.3, -0.25) is 14.9 Å². The van der Waals surface area contributed by atoms with Crippen LogP contribution in [0.15, 0.2) is 18.2 Å². The van der Waals surface area contributed by atoms with Gasteiger partial charge in [-0.2, -0.15) is 0 Å². The SMILES string of the molecule is Cl.O=C(c1cc(F)ccc1[N+](=O)[O-])N1CCNCC1. The van der Waals surface area contributed by atoms with E-state index in [0.29, 0.717) is 26.2 Å². The van der Waals surface area contributed by atoms with E-state index in [1.807, 2.05) is 0 Å². The van der Waals surface area contributed by atoms with Gasteiger partial charge in [-0.1, -0.05) is 0 Å². The van der Waals surface area contributed by atoms with Crippen LogP contribution in [-0.4, -0.2) is 41.9 Å². The van der Waals surface area contributed by atoms with E-state index in [-0.39, 0.29) is 23.7 Å². The molecule has 1 fully saturated rings. The Kier molecular flexibility index (Phi) is 5.20.